The van der Waals surface area contributed by atoms with E-state index in [1.807, 2.05) is 54.7 Å². The van der Waals surface area contributed by atoms with E-state index >= 15 is 0 Å². The van der Waals surface area contributed by atoms with Crippen molar-refractivity contribution < 1.29 is 5.11 Å². The Kier molecular flexibility index (Phi) is 3.00. The summed E-state index contributed by atoms with van der Waals surface area (Å²) in [5, 5.41) is 8.89. The van der Waals surface area contributed by atoms with Gasteiger partial charge in [-0.3, -0.25) is 0 Å². The Balaban J connectivity index is 2.11. The van der Waals surface area contributed by atoms with Crippen molar-refractivity contribution in [3.63, 3.8) is 0 Å². The molecule has 0 amide bonds. The second-order valence-corrected chi connectivity index (χ2v) is 3.36. The topological polar surface area (TPSA) is 36.0 Å². The normalized spacial score (nSPS) is 11.0. The highest BCUT2D eigenvalue weighted by Gasteiger charge is 1.90. The molecule has 0 atom stereocenters. The van der Waals surface area contributed by atoms with Crippen LogP contribution >= 0.6 is 0 Å². The third-order valence-corrected chi connectivity index (χ3v) is 2.24. The molecule has 1 aromatic carbocycles. The Morgan fingerprint density at radius 2 is 1.87 bits per heavy atom. The maximum absolute atomic E-state index is 8.89. The van der Waals surface area contributed by atoms with E-state index in [-0.39, 0.29) is 6.61 Å². The van der Waals surface area contributed by atoms with Crippen LogP contribution in [0.5, 0.6) is 0 Å². The number of nitrogens with one attached hydrogen (secondary N) is 1. The summed E-state index contributed by atoms with van der Waals surface area (Å²) in [6.45, 7) is 0.0978. The van der Waals surface area contributed by atoms with Crippen molar-refractivity contribution in [2.24, 2.45) is 0 Å². The van der Waals surface area contributed by atoms with Gasteiger partial charge in [0, 0.05) is 11.9 Å². The smallest absolute Gasteiger partial charge is 0.0681 e. The van der Waals surface area contributed by atoms with Gasteiger partial charge in [0.1, 0.15) is 0 Å². The molecule has 0 fully saturated rings. The molecule has 1 heterocycles. The average molecular weight is 199 g/mol. The van der Waals surface area contributed by atoms with Gasteiger partial charge in [-0.15, -0.1) is 0 Å². The summed E-state index contributed by atoms with van der Waals surface area (Å²) in [5.41, 5.74) is 3.15. The minimum atomic E-state index is 0.0978. The molecule has 2 heteroatoms. The van der Waals surface area contributed by atoms with E-state index in [4.69, 9.17) is 5.11 Å². The molecule has 0 spiro atoms. The molecule has 0 bridgehead atoms. The number of aromatic amines is 1. The Morgan fingerprint density at radius 1 is 1.07 bits per heavy atom. The number of hydrogen-bond acceptors (Lipinski definition) is 1. The van der Waals surface area contributed by atoms with Crippen LogP contribution < -0.4 is 0 Å². The largest absolute Gasteiger partial charge is 0.392 e. The molecule has 0 saturated heterocycles. The molecule has 0 radical (unpaired) electrons. The van der Waals surface area contributed by atoms with Gasteiger partial charge in [-0.1, -0.05) is 30.3 Å². The Labute approximate surface area is 88.9 Å². The zero-order chi connectivity index (χ0) is 10.5. The number of hydrogen-bond donors (Lipinski definition) is 2. The monoisotopic (exact) mass is 199 g/mol. The summed E-state index contributed by atoms with van der Waals surface area (Å²) in [6, 6.07) is 11.8. The molecular formula is C13H13NO. The van der Waals surface area contributed by atoms with Crippen LogP contribution in [0.25, 0.3) is 12.2 Å². The molecule has 2 rings (SSSR count). The van der Waals surface area contributed by atoms with Crippen LogP contribution in [0.1, 0.15) is 16.8 Å². The lowest BCUT2D eigenvalue weighted by Crippen LogP contribution is -1.81. The maximum Gasteiger partial charge on any atom is 0.0681 e. The third-order valence-electron chi connectivity index (χ3n) is 2.24. The van der Waals surface area contributed by atoms with E-state index in [0.29, 0.717) is 0 Å². The molecule has 15 heavy (non-hydrogen) atoms. The molecular weight excluding hydrogens is 186 g/mol. The van der Waals surface area contributed by atoms with E-state index in [1.54, 1.807) is 0 Å². The van der Waals surface area contributed by atoms with Gasteiger partial charge in [0.25, 0.3) is 0 Å². The molecule has 0 aliphatic rings. The molecule has 0 aliphatic carbocycles. The summed E-state index contributed by atoms with van der Waals surface area (Å²) in [4.78, 5) is 3.10. The number of rotatable bonds is 3. The van der Waals surface area contributed by atoms with E-state index in [0.717, 1.165) is 16.8 Å². The first-order valence-corrected chi connectivity index (χ1v) is 4.90. The highest BCUT2D eigenvalue weighted by Crippen LogP contribution is 2.08. The van der Waals surface area contributed by atoms with Crippen molar-refractivity contribution in [1.82, 2.24) is 4.98 Å². The average Bonchev–Trinajstić information content (AvgIpc) is 2.80. The molecule has 2 N–H and O–H groups in total. The predicted molar refractivity (Wildman–Crippen MR) is 62.1 cm³/mol. The molecule has 2 aromatic rings. The molecule has 0 aliphatic heterocycles. The van der Waals surface area contributed by atoms with Gasteiger partial charge in [-0.25, -0.2) is 0 Å². The second kappa shape index (κ2) is 4.62. The van der Waals surface area contributed by atoms with Crippen LogP contribution in [0.2, 0.25) is 0 Å². The minimum absolute atomic E-state index is 0.0978. The number of aromatic nitrogens is 1. The van der Waals surface area contributed by atoms with Crippen LogP contribution in [0.3, 0.4) is 0 Å². The van der Waals surface area contributed by atoms with Crippen LogP contribution in [0.4, 0.5) is 0 Å². The van der Waals surface area contributed by atoms with Gasteiger partial charge in [0.05, 0.1) is 6.61 Å². The Morgan fingerprint density at radius 3 is 2.47 bits per heavy atom. The van der Waals surface area contributed by atoms with E-state index < -0.39 is 0 Å². The number of H-pyrrole nitrogens is 1. The van der Waals surface area contributed by atoms with E-state index in [1.165, 1.54) is 0 Å². The summed E-state index contributed by atoms with van der Waals surface area (Å²) in [7, 11) is 0. The molecule has 0 saturated carbocycles. The van der Waals surface area contributed by atoms with Crippen molar-refractivity contribution in [3.8, 4) is 0 Å². The van der Waals surface area contributed by atoms with Gasteiger partial charge in [0.15, 0.2) is 0 Å². The zero-order valence-electron chi connectivity index (χ0n) is 8.35. The van der Waals surface area contributed by atoms with Crippen molar-refractivity contribution in [1.29, 1.82) is 0 Å². The van der Waals surface area contributed by atoms with Crippen molar-refractivity contribution >= 4 is 12.2 Å². The predicted octanol–water partition coefficient (Wildman–Crippen LogP) is 2.68. The van der Waals surface area contributed by atoms with Gasteiger partial charge < -0.3 is 10.1 Å². The van der Waals surface area contributed by atoms with Gasteiger partial charge in [0.2, 0.25) is 0 Å². The van der Waals surface area contributed by atoms with Crippen LogP contribution in [-0.4, -0.2) is 10.1 Å². The lowest BCUT2D eigenvalue weighted by molar-refractivity contribution is 0.282. The summed E-state index contributed by atoms with van der Waals surface area (Å²) >= 11 is 0. The van der Waals surface area contributed by atoms with Crippen molar-refractivity contribution in [2.75, 3.05) is 0 Å². The third kappa shape index (κ3) is 2.58. The molecule has 1 aromatic heterocycles. The SMILES string of the molecule is OCc1ccc(C=Cc2ccc[nH]2)cc1. The van der Waals surface area contributed by atoms with Crippen molar-refractivity contribution in [2.45, 2.75) is 6.61 Å². The lowest BCUT2D eigenvalue weighted by atomic mass is 10.1. The van der Waals surface area contributed by atoms with Crippen LogP contribution in [-0.2, 0) is 6.61 Å². The fraction of sp³-hybridized carbons (Fsp3) is 0.0769. The first-order chi connectivity index (χ1) is 7.38. The van der Waals surface area contributed by atoms with Gasteiger partial charge in [-0.2, -0.15) is 0 Å². The van der Waals surface area contributed by atoms with E-state index in [9.17, 15) is 0 Å². The van der Waals surface area contributed by atoms with Gasteiger partial charge in [-0.05, 0) is 29.3 Å². The van der Waals surface area contributed by atoms with Crippen LogP contribution in [0.15, 0.2) is 42.6 Å². The first-order valence-electron chi connectivity index (χ1n) is 4.90. The van der Waals surface area contributed by atoms with Crippen LogP contribution in [0, 0.1) is 0 Å². The quantitative estimate of drug-likeness (QED) is 0.783. The standard InChI is InChI=1S/C13H13NO/c15-10-12-5-3-11(4-6-12)7-8-13-2-1-9-14-13/h1-9,14-15H,10H2. The molecule has 0 unspecified atom stereocenters. The fourth-order valence-corrected chi connectivity index (χ4v) is 1.37. The maximum atomic E-state index is 8.89. The zero-order valence-corrected chi connectivity index (χ0v) is 8.35. The van der Waals surface area contributed by atoms with Gasteiger partial charge >= 0.3 is 0 Å². The highest BCUT2D eigenvalue weighted by atomic mass is 16.3. The summed E-state index contributed by atoms with van der Waals surface area (Å²) in [6.07, 6.45) is 5.95. The number of benzene rings is 1. The fourth-order valence-electron chi connectivity index (χ4n) is 1.37. The highest BCUT2D eigenvalue weighted by molar-refractivity contribution is 5.68. The number of aliphatic hydroxyl groups excluding tert-OH is 1. The second-order valence-electron chi connectivity index (χ2n) is 3.36. The number of aliphatic hydroxyl groups is 1. The minimum Gasteiger partial charge on any atom is -0.392 e. The molecule has 2 nitrogen and oxygen atoms in total. The summed E-state index contributed by atoms with van der Waals surface area (Å²) < 4.78 is 0. The lowest BCUT2D eigenvalue weighted by Gasteiger charge is -1.96. The Hall–Kier alpha value is -1.80. The first kappa shape index (κ1) is 9.74. The molecule has 76 valence electrons. The Bertz CT molecular complexity index is 426. The van der Waals surface area contributed by atoms with Crippen molar-refractivity contribution in [3.05, 3.63) is 59.4 Å². The van der Waals surface area contributed by atoms with E-state index in [2.05, 4.69) is 4.98 Å². The summed E-state index contributed by atoms with van der Waals surface area (Å²) in [5.74, 6) is 0.